The van der Waals surface area contributed by atoms with E-state index in [0.717, 1.165) is 29.0 Å². The number of rotatable bonds is 2. The van der Waals surface area contributed by atoms with Gasteiger partial charge >= 0.3 is 0 Å². The molecule has 1 atom stereocenters. The Balaban J connectivity index is 1.87. The van der Waals surface area contributed by atoms with E-state index in [-0.39, 0.29) is 10.7 Å². The fraction of sp³-hybridized carbons (Fsp3) is 0.333. The highest BCUT2D eigenvalue weighted by atomic mass is 79.9. The van der Waals surface area contributed by atoms with Crippen LogP contribution >= 0.6 is 27.5 Å². The lowest BCUT2D eigenvalue weighted by atomic mass is 10.0. The van der Waals surface area contributed by atoms with Crippen LogP contribution in [0.2, 0.25) is 5.02 Å². The van der Waals surface area contributed by atoms with Gasteiger partial charge in [0.15, 0.2) is 5.76 Å². The van der Waals surface area contributed by atoms with Crippen molar-refractivity contribution < 1.29 is 9.32 Å². The van der Waals surface area contributed by atoms with Gasteiger partial charge < -0.3 is 9.42 Å². The van der Waals surface area contributed by atoms with Crippen LogP contribution in [-0.4, -0.2) is 27.3 Å². The third-order valence-electron chi connectivity index (χ3n) is 3.60. The van der Waals surface area contributed by atoms with E-state index in [1.54, 1.807) is 4.90 Å². The number of fused-ring (bicyclic) bond motifs is 1. The maximum Gasteiger partial charge on any atom is 0.236 e. The van der Waals surface area contributed by atoms with Crippen LogP contribution in [0.15, 0.2) is 28.8 Å². The zero-order chi connectivity index (χ0) is 15.0. The van der Waals surface area contributed by atoms with Crippen LogP contribution in [0.5, 0.6) is 0 Å². The summed E-state index contributed by atoms with van der Waals surface area (Å²) in [6.45, 7) is 3.02. The van der Waals surface area contributed by atoms with Crippen LogP contribution in [0, 0.1) is 0 Å². The van der Waals surface area contributed by atoms with Crippen molar-refractivity contribution in [2.24, 2.45) is 0 Å². The number of hydrogen-bond acceptors (Lipinski definition) is 3. The number of carbonyl (C=O) groups is 1. The van der Waals surface area contributed by atoms with E-state index >= 15 is 0 Å². The van der Waals surface area contributed by atoms with Crippen molar-refractivity contribution in [1.82, 2.24) is 10.1 Å². The minimum atomic E-state index is -0.179. The number of aromatic nitrogens is 1. The molecule has 6 heteroatoms. The van der Waals surface area contributed by atoms with Gasteiger partial charge in [-0.25, -0.2) is 0 Å². The van der Waals surface area contributed by atoms with Gasteiger partial charge in [0.2, 0.25) is 5.91 Å². The molecule has 110 valence electrons. The molecule has 1 aliphatic rings. The maximum atomic E-state index is 12.0. The molecular formula is C15H14BrClN2O2. The second-order valence-electron chi connectivity index (χ2n) is 5.07. The van der Waals surface area contributed by atoms with Gasteiger partial charge in [0.25, 0.3) is 0 Å². The zero-order valence-electron chi connectivity index (χ0n) is 11.5. The smallest absolute Gasteiger partial charge is 0.236 e. The van der Waals surface area contributed by atoms with E-state index in [1.807, 2.05) is 31.2 Å². The van der Waals surface area contributed by atoms with E-state index in [4.69, 9.17) is 16.1 Å². The number of amides is 1. The largest absolute Gasteiger partial charge is 0.356 e. The van der Waals surface area contributed by atoms with Gasteiger partial charge in [-0.15, -0.1) is 0 Å². The Bertz CT molecular complexity index is 667. The minimum Gasteiger partial charge on any atom is -0.356 e. The van der Waals surface area contributed by atoms with Gasteiger partial charge in [-0.3, -0.25) is 4.79 Å². The number of carbonyl (C=O) groups excluding carboxylic acids is 1. The van der Waals surface area contributed by atoms with E-state index < -0.39 is 0 Å². The van der Waals surface area contributed by atoms with Crippen molar-refractivity contribution in [1.29, 1.82) is 0 Å². The van der Waals surface area contributed by atoms with Gasteiger partial charge in [0.1, 0.15) is 5.69 Å². The maximum absolute atomic E-state index is 12.0. The molecule has 1 aromatic heterocycles. The molecule has 1 aliphatic heterocycles. The van der Waals surface area contributed by atoms with Crippen molar-refractivity contribution >= 4 is 33.4 Å². The first-order valence-electron chi connectivity index (χ1n) is 6.72. The first-order valence-corrected chi connectivity index (χ1v) is 8.02. The summed E-state index contributed by atoms with van der Waals surface area (Å²) in [7, 11) is 0. The summed E-state index contributed by atoms with van der Waals surface area (Å²) in [5, 5.41) is 4.82. The molecule has 0 radical (unpaired) electrons. The fourth-order valence-corrected chi connectivity index (χ4v) is 2.91. The molecule has 2 aromatic rings. The Morgan fingerprint density at radius 1 is 1.43 bits per heavy atom. The van der Waals surface area contributed by atoms with Crippen molar-refractivity contribution in [2.75, 3.05) is 6.54 Å². The summed E-state index contributed by atoms with van der Waals surface area (Å²) in [6.07, 6.45) is 0.752. The average Bonchev–Trinajstić information content (AvgIpc) is 2.90. The van der Waals surface area contributed by atoms with E-state index in [1.165, 1.54) is 0 Å². The SMILES string of the molecule is CC(Br)C(=O)N1CCc2c(noc2-c2ccc(Cl)cc2)C1. The molecule has 4 nitrogen and oxygen atoms in total. The first-order chi connectivity index (χ1) is 10.1. The minimum absolute atomic E-state index is 0.0803. The molecule has 0 saturated heterocycles. The van der Waals surface area contributed by atoms with Crippen LogP contribution in [0.3, 0.4) is 0 Å². The van der Waals surface area contributed by atoms with E-state index in [2.05, 4.69) is 21.1 Å². The van der Waals surface area contributed by atoms with Gasteiger partial charge in [-0.1, -0.05) is 32.7 Å². The second-order valence-corrected chi connectivity index (χ2v) is 6.88. The van der Waals surface area contributed by atoms with Crippen molar-refractivity contribution in [3.05, 3.63) is 40.5 Å². The third kappa shape index (κ3) is 2.85. The Labute approximate surface area is 136 Å². The van der Waals surface area contributed by atoms with Crippen LogP contribution in [-0.2, 0) is 17.8 Å². The average molecular weight is 370 g/mol. The summed E-state index contributed by atoms with van der Waals surface area (Å²) in [5.41, 5.74) is 2.89. The molecule has 1 unspecified atom stereocenters. The predicted octanol–water partition coefficient (Wildman–Crippen LogP) is 3.66. The lowest BCUT2D eigenvalue weighted by molar-refractivity contribution is -0.131. The summed E-state index contributed by atoms with van der Waals surface area (Å²) in [6, 6.07) is 7.50. The van der Waals surface area contributed by atoms with E-state index in [0.29, 0.717) is 18.1 Å². The summed E-state index contributed by atoms with van der Waals surface area (Å²) in [4.78, 5) is 13.7. The standard InChI is InChI=1S/C15H14BrClN2O2/c1-9(16)15(20)19-7-6-12-13(8-19)18-21-14(12)10-2-4-11(17)5-3-10/h2-5,9H,6-8H2,1H3. The predicted molar refractivity (Wildman–Crippen MR) is 84.5 cm³/mol. The number of halogens is 2. The van der Waals surface area contributed by atoms with E-state index in [9.17, 15) is 4.79 Å². The highest BCUT2D eigenvalue weighted by molar-refractivity contribution is 9.10. The van der Waals surface area contributed by atoms with Gasteiger partial charge in [0.05, 0.1) is 11.4 Å². The molecule has 0 saturated carbocycles. The van der Waals surface area contributed by atoms with Crippen LogP contribution in [0.25, 0.3) is 11.3 Å². The summed E-state index contributed by atoms with van der Waals surface area (Å²) >= 11 is 9.22. The monoisotopic (exact) mass is 368 g/mol. The van der Waals surface area contributed by atoms with Crippen LogP contribution < -0.4 is 0 Å². The quantitative estimate of drug-likeness (QED) is 0.759. The molecule has 0 N–H and O–H groups in total. The Morgan fingerprint density at radius 3 is 2.81 bits per heavy atom. The normalized spacial score (nSPS) is 15.7. The van der Waals surface area contributed by atoms with Crippen LogP contribution in [0.4, 0.5) is 0 Å². The third-order valence-corrected chi connectivity index (χ3v) is 4.24. The highest BCUT2D eigenvalue weighted by Crippen LogP contribution is 2.31. The Hall–Kier alpha value is -1.33. The van der Waals surface area contributed by atoms with Crippen molar-refractivity contribution in [2.45, 2.75) is 24.7 Å². The molecule has 3 rings (SSSR count). The van der Waals surface area contributed by atoms with Crippen LogP contribution in [0.1, 0.15) is 18.2 Å². The molecule has 0 spiro atoms. The number of hydrogen-bond donors (Lipinski definition) is 0. The number of benzene rings is 1. The topological polar surface area (TPSA) is 46.3 Å². The fourth-order valence-electron chi connectivity index (χ4n) is 2.50. The van der Waals surface area contributed by atoms with Crippen molar-refractivity contribution in [3.63, 3.8) is 0 Å². The molecule has 2 heterocycles. The van der Waals surface area contributed by atoms with Crippen molar-refractivity contribution in [3.8, 4) is 11.3 Å². The Kier molecular flexibility index (Phi) is 4.04. The zero-order valence-corrected chi connectivity index (χ0v) is 13.8. The summed E-state index contributed by atoms with van der Waals surface area (Å²) < 4.78 is 5.49. The molecule has 0 bridgehead atoms. The number of alkyl halides is 1. The Morgan fingerprint density at radius 2 is 2.14 bits per heavy atom. The molecule has 0 aliphatic carbocycles. The van der Waals surface area contributed by atoms with Gasteiger partial charge in [0, 0.05) is 22.7 Å². The first kappa shape index (κ1) is 14.6. The summed E-state index contributed by atoms with van der Waals surface area (Å²) in [5.74, 6) is 0.859. The lowest BCUT2D eigenvalue weighted by Gasteiger charge is -2.27. The molecule has 1 amide bonds. The van der Waals surface area contributed by atoms with Gasteiger partial charge in [-0.05, 0) is 37.6 Å². The van der Waals surface area contributed by atoms with Gasteiger partial charge in [-0.2, -0.15) is 0 Å². The second kappa shape index (κ2) is 5.81. The highest BCUT2D eigenvalue weighted by Gasteiger charge is 2.28. The molecular weight excluding hydrogens is 356 g/mol. The molecule has 21 heavy (non-hydrogen) atoms. The lowest BCUT2D eigenvalue weighted by Crippen LogP contribution is -2.39. The molecule has 1 aromatic carbocycles. The number of nitrogens with zero attached hydrogens (tertiary/aromatic N) is 2. The molecule has 0 fully saturated rings.